The van der Waals surface area contributed by atoms with Crippen LogP contribution in [0.1, 0.15) is 0 Å². The Bertz CT molecular complexity index is 2560. The van der Waals surface area contributed by atoms with Gasteiger partial charge in [0.05, 0.1) is 11.0 Å². The van der Waals surface area contributed by atoms with E-state index in [0.29, 0.717) is 0 Å². The molecule has 12 rings (SSSR count). The van der Waals surface area contributed by atoms with Crippen LogP contribution in [0.5, 0.6) is 5.75 Å². The highest BCUT2D eigenvalue weighted by Gasteiger charge is 2.49. The van der Waals surface area contributed by atoms with Crippen LogP contribution in [-0.4, -0.2) is 17.5 Å². The minimum Gasteiger partial charge on any atom is -0.551 e. The second-order valence-electron chi connectivity index (χ2n) is 13.1. The molecule has 0 unspecified atom stereocenters. The number of rotatable bonds is 1. The molecule has 0 amide bonds. The molecule has 3 nitrogen and oxygen atoms in total. The molecule has 7 aromatic carbocycles. The van der Waals surface area contributed by atoms with Gasteiger partial charge in [-0.3, -0.25) is 0 Å². The van der Waals surface area contributed by atoms with Crippen molar-refractivity contribution in [2.24, 2.45) is 0 Å². The molecule has 0 radical (unpaired) electrons. The molecule has 220 valence electrons. The summed E-state index contributed by atoms with van der Waals surface area (Å²) in [5, 5.41) is 2.54. The van der Waals surface area contributed by atoms with Crippen LogP contribution in [0, 0.1) is 0 Å². The van der Waals surface area contributed by atoms with E-state index in [1.807, 2.05) is 11.6 Å². The molecule has 6 heteroatoms. The quantitative estimate of drug-likeness (QED) is 0.173. The Kier molecular flexibility index (Phi) is 4.81. The van der Waals surface area contributed by atoms with E-state index >= 15 is 0 Å². The molecular weight excluding hydrogens is 602 g/mol. The van der Waals surface area contributed by atoms with Gasteiger partial charge in [-0.05, 0) is 81.6 Å². The van der Waals surface area contributed by atoms with E-state index in [9.17, 15) is 0 Å². The topological polar surface area (TPSA) is 17.4 Å². The molecular formula is C42H24B2N2OS. The molecule has 0 saturated heterocycles. The highest BCUT2D eigenvalue weighted by molar-refractivity contribution is 8.28. The molecule has 0 bridgehead atoms. The Morgan fingerprint density at radius 3 is 1.92 bits per heavy atom. The third-order valence-corrected chi connectivity index (χ3v) is 12.1. The zero-order chi connectivity index (χ0) is 31.1. The van der Waals surface area contributed by atoms with Gasteiger partial charge in [-0.2, -0.15) is 11.6 Å². The van der Waals surface area contributed by atoms with Crippen molar-refractivity contribution in [3.63, 3.8) is 0 Å². The number of fused-ring (bicyclic) bond motifs is 11. The van der Waals surface area contributed by atoms with Gasteiger partial charge in [0.25, 0.3) is 5.99 Å². The number of benzene rings is 7. The van der Waals surface area contributed by atoms with Gasteiger partial charge >= 0.3 is 6.92 Å². The number of aromatic nitrogens is 1. The van der Waals surface area contributed by atoms with Crippen molar-refractivity contribution in [3.8, 4) is 33.7 Å². The number of hydrogen-bond donors (Lipinski definition) is 0. The maximum atomic E-state index is 7.09. The lowest BCUT2D eigenvalue weighted by Crippen LogP contribution is -2.62. The summed E-state index contributed by atoms with van der Waals surface area (Å²) in [4.78, 5) is 3.88. The highest BCUT2D eigenvalue weighted by atomic mass is 32.2. The Labute approximate surface area is 282 Å². The molecule has 1 aromatic heterocycles. The first kappa shape index (κ1) is 25.5. The first-order valence-corrected chi connectivity index (χ1v) is 17.5. The van der Waals surface area contributed by atoms with Crippen molar-refractivity contribution >= 4 is 85.2 Å². The van der Waals surface area contributed by atoms with Crippen molar-refractivity contribution in [1.29, 1.82) is 0 Å². The van der Waals surface area contributed by atoms with Crippen molar-refractivity contribution < 1.29 is 4.65 Å². The van der Waals surface area contributed by atoms with E-state index in [0.717, 1.165) is 11.3 Å². The van der Waals surface area contributed by atoms with Gasteiger partial charge in [-0.1, -0.05) is 97.1 Å². The molecule has 4 aliphatic rings. The van der Waals surface area contributed by atoms with E-state index in [2.05, 4.69) is 155 Å². The lowest BCUT2D eigenvalue weighted by atomic mass is 9.46. The summed E-state index contributed by atoms with van der Waals surface area (Å²) in [7, 11) is 0. The van der Waals surface area contributed by atoms with E-state index in [1.54, 1.807) is 0 Å². The minimum atomic E-state index is -0.227. The van der Waals surface area contributed by atoms with Crippen LogP contribution in [0.2, 0.25) is 0 Å². The van der Waals surface area contributed by atoms with E-state index in [1.165, 1.54) is 88.0 Å². The molecule has 4 aliphatic heterocycles. The SMILES string of the molecule is c1ccc2c(c1)OB1c3cc(-n4c5ccccc5c5ccccc54)cc4c3N(c3cccc-2c31)c1cccc2c1B4Sc1ccccc1-2. The van der Waals surface area contributed by atoms with E-state index in [-0.39, 0.29) is 12.9 Å². The van der Waals surface area contributed by atoms with Gasteiger partial charge in [0, 0.05) is 49.4 Å². The van der Waals surface area contributed by atoms with Gasteiger partial charge in [0.2, 0.25) is 0 Å². The van der Waals surface area contributed by atoms with Crippen molar-refractivity contribution in [2.75, 3.05) is 4.90 Å². The van der Waals surface area contributed by atoms with Gasteiger partial charge in [0.15, 0.2) is 0 Å². The Balaban J connectivity index is 1.23. The van der Waals surface area contributed by atoms with Crippen LogP contribution < -0.4 is 31.4 Å². The fourth-order valence-corrected chi connectivity index (χ4v) is 10.3. The summed E-state index contributed by atoms with van der Waals surface area (Å²) in [6.07, 6.45) is 0. The van der Waals surface area contributed by atoms with Crippen LogP contribution >= 0.6 is 11.6 Å². The minimum absolute atomic E-state index is 0.143. The third-order valence-electron chi connectivity index (χ3n) is 10.8. The fourth-order valence-electron chi connectivity index (χ4n) is 8.93. The number of anilines is 3. The van der Waals surface area contributed by atoms with E-state index in [4.69, 9.17) is 4.65 Å². The summed E-state index contributed by atoms with van der Waals surface area (Å²) < 4.78 is 9.56. The molecule has 0 aliphatic carbocycles. The van der Waals surface area contributed by atoms with Crippen LogP contribution in [0.15, 0.2) is 150 Å². The summed E-state index contributed by atoms with van der Waals surface area (Å²) in [6, 6.07) is 53.6. The van der Waals surface area contributed by atoms with Gasteiger partial charge in [-0.25, -0.2) is 0 Å². The summed E-state index contributed by atoms with van der Waals surface area (Å²) >= 11 is 1.99. The lowest BCUT2D eigenvalue weighted by Gasteiger charge is -2.46. The molecule has 0 atom stereocenters. The molecule has 8 aromatic rings. The maximum absolute atomic E-state index is 7.09. The van der Waals surface area contributed by atoms with Gasteiger partial charge in [-0.15, -0.1) is 0 Å². The average molecular weight is 626 g/mol. The molecule has 0 fully saturated rings. The average Bonchev–Trinajstić information content (AvgIpc) is 3.48. The predicted molar refractivity (Wildman–Crippen MR) is 203 cm³/mol. The van der Waals surface area contributed by atoms with Crippen molar-refractivity contribution in [2.45, 2.75) is 4.90 Å². The zero-order valence-electron chi connectivity index (χ0n) is 25.7. The monoisotopic (exact) mass is 626 g/mol. The van der Waals surface area contributed by atoms with Crippen LogP contribution in [0.25, 0.3) is 49.7 Å². The second-order valence-corrected chi connectivity index (χ2v) is 14.3. The maximum Gasteiger partial charge on any atom is 0.431 e. The Hall–Kier alpha value is -5.58. The smallest absolute Gasteiger partial charge is 0.431 e. The molecule has 5 heterocycles. The molecule has 48 heavy (non-hydrogen) atoms. The highest BCUT2D eigenvalue weighted by Crippen LogP contribution is 2.48. The van der Waals surface area contributed by atoms with Gasteiger partial charge < -0.3 is 14.1 Å². The number of para-hydroxylation sites is 3. The molecule has 0 spiro atoms. The predicted octanol–water partition coefficient (Wildman–Crippen LogP) is 7.92. The van der Waals surface area contributed by atoms with Crippen LogP contribution in [0.3, 0.4) is 0 Å². The summed E-state index contributed by atoms with van der Waals surface area (Å²) in [5.74, 6) is 1.08. The molecule has 0 saturated carbocycles. The van der Waals surface area contributed by atoms with Crippen molar-refractivity contribution in [1.82, 2.24) is 4.57 Å². The standard InChI is InChI=1S/C42H24B2N2OS/c1-5-17-34-26(11-1)27-12-2-6-18-35(27)45(34)25-23-32-42-33(24-25)44-41-31(29-14-4-8-22-39(29)48-44)16-10-20-37(41)46(42)36-19-9-15-30-28-13-3-7-21-38(28)47-43(32)40(30)36/h1-24H. The summed E-state index contributed by atoms with van der Waals surface area (Å²) in [5.41, 5.74) is 17.6. The van der Waals surface area contributed by atoms with Gasteiger partial charge in [0.1, 0.15) is 5.75 Å². The Morgan fingerprint density at radius 2 is 1.12 bits per heavy atom. The lowest BCUT2D eigenvalue weighted by molar-refractivity contribution is 0.590. The van der Waals surface area contributed by atoms with Crippen LogP contribution in [-0.2, 0) is 0 Å². The van der Waals surface area contributed by atoms with E-state index < -0.39 is 0 Å². The number of nitrogens with zero attached hydrogens (tertiary/aromatic N) is 2. The van der Waals surface area contributed by atoms with Crippen LogP contribution in [0.4, 0.5) is 17.1 Å². The number of hydrogen-bond acceptors (Lipinski definition) is 3. The third kappa shape index (κ3) is 3.10. The zero-order valence-corrected chi connectivity index (χ0v) is 26.5. The normalized spacial score (nSPS) is 14.2. The first-order valence-electron chi connectivity index (χ1n) is 16.6. The Morgan fingerprint density at radius 1 is 0.521 bits per heavy atom. The van der Waals surface area contributed by atoms with Crippen molar-refractivity contribution in [3.05, 3.63) is 146 Å². The molecule has 0 N–H and O–H groups in total. The fraction of sp³-hybridized carbons (Fsp3) is 0. The largest absolute Gasteiger partial charge is 0.551 e. The summed E-state index contributed by atoms with van der Waals surface area (Å²) in [6.45, 7) is -0.227. The second kappa shape index (κ2) is 9.06. The first-order chi connectivity index (χ1) is 23.8.